The first-order valence-corrected chi connectivity index (χ1v) is 8.48. The zero-order chi connectivity index (χ0) is 14.9. The molecule has 5 nitrogen and oxygen atoms in total. The smallest absolute Gasteiger partial charge is 0.265 e. The molecule has 1 amide bonds. The van der Waals surface area contributed by atoms with Gasteiger partial charge in [-0.05, 0) is 12.1 Å². The number of likely N-dealkylation sites (tertiary alicyclic amines) is 1. The van der Waals surface area contributed by atoms with Gasteiger partial charge in [0.15, 0.2) is 6.10 Å². The third-order valence-electron chi connectivity index (χ3n) is 2.92. The molecule has 8 heteroatoms. The Morgan fingerprint density at radius 1 is 1.50 bits per heavy atom. The highest BCUT2D eigenvalue weighted by atomic mass is 79.9. The molecule has 0 spiro atoms. The topological polar surface area (TPSA) is 63.7 Å². The van der Waals surface area contributed by atoms with Crippen LogP contribution in [0.5, 0.6) is 0 Å². The Bertz CT molecular complexity index is 634. The molecule has 1 aliphatic heterocycles. The van der Waals surface area contributed by atoms with E-state index in [-0.39, 0.29) is 13.0 Å². The molecular weight excluding hydrogens is 353 g/mol. The number of benzene rings is 1. The molecule has 1 saturated heterocycles. The van der Waals surface area contributed by atoms with Crippen LogP contribution in [0.4, 0.5) is 4.39 Å². The van der Waals surface area contributed by atoms with Crippen molar-refractivity contribution in [1.82, 2.24) is 4.90 Å². The molecule has 1 aliphatic rings. The van der Waals surface area contributed by atoms with Crippen LogP contribution in [0.15, 0.2) is 22.7 Å². The van der Waals surface area contributed by atoms with Gasteiger partial charge in [-0.25, -0.2) is 4.39 Å². The van der Waals surface area contributed by atoms with Crippen molar-refractivity contribution >= 4 is 32.0 Å². The molecule has 0 N–H and O–H groups in total. The Balaban J connectivity index is 2.07. The molecule has 0 aromatic heterocycles. The second-order valence-electron chi connectivity index (χ2n) is 4.57. The van der Waals surface area contributed by atoms with Gasteiger partial charge in [0.25, 0.3) is 16.0 Å². The first kappa shape index (κ1) is 15.4. The van der Waals surface area contributed by atoms with Crippen LogP contribution in [0.25, 0.3) is 0 Å². The molecule has 20 heavy (non-hydrogen) atoms. The van der Waals surface area contributed by atoms with Gasteiger partial charge < -0.3 is 4.90 Å². The van der Waals surface area contributed by atoms with Crippen molar-refractivity contribution in [1.29, 1.82) is 0 Å². The van der Waals surface area contributed by atoms with E-state index in [2.05, 4.69) is 15.9 Å². The summed E-state index contributed by atoms with van der Waals surface area (Å²) in [6.45, 7) is 0.441. The van der Waals surface area contributed by atoms with Gasteiger partial charge in [-0.3, -0.25) is 8.98 Å². The van der Waals surface area contributed by atoms with Crippen LogP contribution in [0.1, 0.15) is 12.0 Å². The van der Waals surface area contributed by atoms with Gasteiger partial charge in [-0.15, -0.1) is 0 Å². The van der Waals surface area contributed by atoms with Crippen LogP contribution in [-0.2, 0) is 25.6 Å². The number of rotatable bonds is 4. The van der Waals surface area contributed by atoms with Gasteiger partial charge in [-0.1, -0.05) is 22.0 Å². The van der Waals surface area contributed by atoms with E-state index < -0.39 is 27.9 Å². The Morgan fingerprint density at radius 3 is 2.80 bits per heavy atom. The molecule has 0 bridgehead atoms. The largest absolute Gasteiger partial charge is 0.336 e. The van der Waals surface area contributed by atoms with Gasteiger partial charge in [0.1, 0.15) is 5.82 Å². The first-order valence-electron chi connectivity index (χ1n) is 5.87. The van der Waals surface area contributed by atoms with Crippen LogP contribution in [-0.4, -0.2) is 38.1 Å². The van der Waals surface area contributed by atoms with Crippen molar-refractivity contribution in [2.45, 2.75) is 19.1 Å². The van der Waals surface area contributed by atoms with Crippen molar-refractivity contribution in [2.24, 2.45) is 0 Å². The van der Waals surface area contributed by atoms with Gasteiger partial charge in [0.2, 0.25) is 0 Å². The monoisotopic (exact) mass is 365 g/mol. The minimum atomic E-state index is -3.68. The average Bonchev–Trinajstić information content (AvgIpc) is 2.63. The summed E-state index contributed by atoms with van der Waals surface area (Å²) in [6, 6.07) is 4.58. The lowest BCUT2D eigenvalue weighted by molar-refractivity contribution is -0.133. The third-order valence-corrected chi connectivity index (χ3v) is 3.99. The number of hydrogen-bond acceptors (Lipinski definition) is 4. The second kappa shape index (κ2) is 5.79. The van der Waals surface area contributed by atoms with Crippen molar-refractivity contribution in [2.75, 3.05) is 12.8 Å². The van der Waals surface area contributed by atoms with E-state index in [1.165, 1.54) is 11.0 Å². The van der Waals surface area contributed by atoms with E-state index in [0.717, 1.165) is 6.26 Å². The molecule has 110 valence electrons. The first-order chi connectivity index (χ1) is 9.26. The van der Waals surface area contributed by atoms with Crippen molar-refractivity contribution < 1.29 is 21.8 Å². The van der Waals surface area contributed by atoms with Gasteiger partial charge in [0.05, 0.1) is 6.26 Å². The molecule has 2 rings (SSSR count). The van der Waals surface area contributed by atoms with E-state index in [1.54, 1.807) is 12.1 Å². The van der Waals surface area contributed by atoms with Crippen LogP contribution in [0.2, 0.25) is 0 Å². The van der Waals surface area contributed by atoms with E-state index in [4.69, 9.17) is 4.18 Å². The molecule has 0 unspecified atom stereocenters. The van der Waals surface area contributed by atoms with Crippen LogP contribution >= 0.6 is 15.9 Å². The normalized spacial score (nSPS) is 19.6. The fourth-order valence-electron chi connectivity index (χ4n) is 2.02. The maximum absolute atomic E-state index is 13.7. The Morgan fingerprint density at radius 2 is 2.20 bits per heavy atom. The summed E-state index contributed by atoms with van der Waals surface area (Å²) in [4.78, 5) is 13.4. The summed E-state index contributed by atoms with van der Waals surface area (Å²) >= 11 is 3.16. The maximum Gasteiger partial charge on any atom is 0.265 e. The fraction of sp³-hybridized carbons (Fsp3) is 0.417. The summed E-state index contributed by atoms with van der Waals surface area (Å²) < 4.78 is 41.1. The average molecular weight is 366 g/mol. The van der Waals surface area contributed by atoms with E-state index in [1.807, 2.05) is 0 Å². The molecule has 1 fully saturated rings. The highest BCUT2D eigenvalue weighted by molar-refractivity contribution is 9.10. The predicted octanol–water partition coefficient (Wildman–Crippen LogP) is 1.67. The van der Waals surface area contributed by atoms with Crippen molar-refractivity contribution in [3.8, 4) is 0 Å². The Labute approximate surface area is 125 Å². The number of nitrogens with zero attached hydrogens (tertiary/aromatic N) is 1. The third kappa shape index (κ3) is 3.77. The molecule has 1 aromatic carbocycles. The number of carbonyl (C=O) groups excluding carboxylic acids is 1. The Kier molecular flexibility index (Phi) is 4.46. The number of carbonyl (C=O) groups is 1. The van der Waals surface area contributed by atoms with Crippen LogP contribution < -0.4 is 0 Å². The van der Waals surface area contributed by atoms with Gasteiger partial charge in [-0.2, -0.15) is 8.42 Å². The predicted molar refractivity (Wildman–Crippen MR) is 73.9 cm³/mol. The number of hydrogen-bond donors (Lipinski definition) is 0. The van der Waals surface area contributed by atoms with E-state index in [0.29, 0.717) is 16.6 Å². The van der Waals surface area contributed by atoms with Crippen molar-refractivity contribution in [3.63, 3.8) is 0 Å². The standard InChI is InChI=1S/C12H13BrFNO4S/c1-20(17,18)19-11-4-5-15(12(11)16)7-8-2-3-9(13)6-10(8)14/h2-3,6,11H,4-5,7H2,1H3/t11-/m0/s1. The molecular formula is C12H13BrFNO4S. The molecule has 0 saturated carbocycles. The highest BCUT2D eigenvalue weighted by Crippen LogP contribution is 2.21. The molecule has 0 aliphatic carbocycles. The zero-order valence-electron chi connectivity index (χ0n) is 10.7. The summed E-state index contributed by atoms with van der Waals surface area (Å²) in [5.74, 6) is -0.850. The maximum atomic E-state index is 13.7. The van der Waals surface area contributed by atoms with E-state index in [9.17, 15) is 17.6 Å². The minimum Gasteiger partial charge on any atom is -0.336 e. The zero-order valence-corrected chi connectivity index (χ0v) is 13.1. The SMILES string of the molecule is CS(=O)(=O)O[C@H]1CCN(Cc2ccc(Br)cc2F)C1=O. The van der Waals surface area contributed by atoms with Gasteiger partial charge in [0, 0.05) is 29.5 Å². The van der Waals surface area contributed by atoms with Crippen LogP contribution in [0.3, 0.4) is 0 Å². The summed E-state index contributed by atoms with van der Waals surface area (Å²) in [5.41, 5.74) is 0.376. The highest BCUT2D eigenvalue weighted by Gasteiger charge is 2.35. The minimum absolute atomic E-state index is 0.0988. The van der Waals surface area contributed by atoms with Crippen molar-refractivity contribution in [3.05, 3.63) is 34.1 Å². The summed E-state index contributed by atoms with van der Waals surface area (Å²) in [7, 11) is -3.68. The lowest BCUT2D eigenvalue weighted by atomic mass is 10.2. The fourth-order valence-corrected chi connectivity index (χ4v) is 2.96. The van der Waals surface area contributed by atoms with E-state index >= 15 is 0 Å². The van der Waals surface area contributed by atoms with Gasteiger partial charge >= 0.3 is 0 Å². The molecule has 1 aromatic rings. The molecule has 1 atom stereocenters. The number of amides is 1. The molecule has 1 heterocycles. The van der Waals surface area contributed by atoms with Crippen LogP contribution in [0, 0.1) is 5.82 Å². The Hall–Kier alpha value is -0.990. The second-order valence-corrected chi connectivity index (χ2v) is 7.09. The quantitative estimate of drug-likeness (QED) is 0.761. The summed E-state index contributed by atoms with van der Waals surface area (Å²) in [6.07, 6.45) is 0.185. The summed E-state index contributed by atoms with van der Waals surface area (Å²) in [5, 5.41) is 0. The lowest BCUT2D eigenvalue weighted by Gasteiger charge is -2.17. The number of halogens is 2. The lowest BCUT2D eigenvalue weighted by Crippen LogP contribution is -2.31. The molecule has 0 radical (unpaired) electrons.